The molecule has 1 unspecified atom stereocenters. The van der Waals surface area contributed by atoms with E-state index in [9.17, 15) is 0 Å². The Kier molecular flexibility index (Phi) is 6.55. The van der Waals surface area contributed by atoms with Crippen molar-refractivity contribution >= 4 is 33.0 Å². The number of furan rings is 1. The largest absolute Gasteiger partial charge is 0.456 e. The van der Waals surface area contributed by atoms with E-state index in [0.717, 1.165) is 66.6 Å². The number of hydrogen-bond acceptors (Lipinski definition) is 5. The Labute approximate surface area is 338 Å². The van der Waals surface area contributed by atoms with Crippen molar-refractivity contribution in [1.29, 1.82) is 0 Å². The van der Waals surface area contributed by atoms with Crippen molar-refractivity contribution in [1.82, 2.24) is 24.5 Å². The van der Waals surface area contributed by atoms with Gasteiger partial charge in [0.05, 0.1) is 16.7 Å². The third-order valence-corrected chi connectivity index (χ3v) is 12.3. The fraction of sp³-hybridized carbons (Fsp3) is 0.0189. The molecule has 59 heavy (non-hydrogen) atoms. The zero-order chi connectivity index (χ0) is 38.7. The Morgan fingerprint density at radius 3 is 1.86 bits per heavy atom. The molecule has 0 amide bonds. The van der Waals surface area contributed by atoms with Crippen LogP contribution in [0, 0.1) is 0 Å². The van der Waals surface area contributed by atoms with Crippen LogP contribution in [0.15, 0.2) is 192 Å². The maximum Gasteiger partial charge on any atom is 0.164 e. The van der Waals surface area contributed by atoms with Gasteiger partial charge in [-0.05, 0) is 75.3 Å². The molecular formula is C53H31N5O. The van der Waals surface area contributed by atoms with Crippen LogP contribution in [0.1, 0.15) is 22.5 Å². The number of benzene rings is 8. The summed E-state index contributed by atoms with van der Waals surface area (Å²) in [5.74, 6) is 2.87. The van der Waals surface area contributed by atoms with Gasteiger partial charge in [0.25, 0.3) is 0 Å². The normalized spacial score (nSPS) is 14.8. The lowest BCUT2D eigenvalue weighted by Gasteiger charge is -2.27. The number of nitrogens with zero attached hydrogens (tertiary/aromatic N) is 5. The Bertz CT molecular complexity index is 3460. The fourth-order valence-electron chi connectivity index (χ4n) is 9.84. The number of para-hydroxylation sites is 3. The first kappa shape index (κ1) is 32.2. The predicted molar refractivity (Wildman–Crippen MR) is 234 cm³/mol. The molecule has 1 atom stereocenters. The molecule has 13 rings (SSSR count). The van der Waals surface area contributed by atoms with Gasteiger partial charge < -0.3 is 4.42 Å². The molecule has 0 radical (unpaired) electrons. The second-order valence-electron chi connectivity index (χ2n) is 15.3. The van der Waals surface area contributed by atoms with E-state index in [-0.39, 0.29) is 0 Å². The summed E-state index contributed by atoms with van der Waals surface area (Å²) >= 11 is 0. The molecular weight excluding hydrogens is 723 g/mol. The molecule has 4 heterocycles. The minimum Gasteiger partial charge on any atom is -0.456 e. The zero-order valence-electron chi connectivity index (χ0n) is 31.5. The lowest BCUT2D eigenvalue weighted by Crippen LogP contribution is -2.27. The molecule has 6 heteroatoms. The standard InChI is InChI=1S/C53H31N5O/c1-3-15-32(16-4-1)49-55-50(33-17-5-2-6-18-33)57-51(56-49)37-21-14-28-46-48(37)38-31-34(29-30-45(38)59-46)35-20-13-24-41-47(35)36-19-7-8-22-39(36)53(41)40-23-9-11-26-43(40)58-44-27-12-10-25-42(44)54-52(53)58/h1-31H. The van der Waals surface area contributed by atoms with Crippen molar-refractivity contribution in [2.45, 2.75) is 5.41 Å². The van der Waals surface area contributed by atoms with Crippen molar-refractivity contribution < 1.29 is 4.42 Å². The molecule has 1 aliphatic carbocycles. The topological polar surface area (TPSA) is 69.6 Å². The summed E-state index contributed by atoms with van der Waals surface area (Å²) in [4.78, 5) is 20.6. The maximum atomic E-state index is 6.58. The van der Waals surface area contributed by atoms with E-state index >= 15 is 0 Å². The van der Waals surface area contributed by atoms with E-state index in [1.807, 2.05) is 72.8 Å². The van der Waals surface area contributed by atoms with Crippen LogP contribution in [0.5, 0.6) is 0 Å². The molecule has 6 nitrogen and oxygen atoms in total. The number of fused-ring (bicyclic) bond motifs is 15. The molecule has 1 aliphatic heterocycles. The van der Waals surface area contributed by atoms with Gasteiger partial charge in [0.2, 0.25) is 0 Å². The molecule has 0 fully saturated rings. The van der Waals surface area contributed by atoms with Crippen molar-refractivity contribution in [2.24, 2.45) is 0 Å². The summed E-state index contributed by atoms with van der Waals surface area (Å²) in [7, 11) is 0. The summed E-state index contributed by atoms with van der Waals surface area (Å²) in [5, 5.41) is 1.97. The van der Waals surface area contributed by atoms with Crippen LogP contribution in [-0.4, -0.2) is 24.5 Å². The third kappa shape index (κ3) is 4.40. The van der Waals surface area contributed by atoms with Crippen molar-refractivity contribution in [2.75, 3.05) is 0 Å². The van der Waals surface area contributed by atoms with Crippen LogP contribution in [0.2, 0.25) is 0 Å². The minimum absolute atomic E-state index is 0.581. The van der Waals surface area contributed by atoms with Gasteiger partial charge in [-0.3, -0.25) is 4.57 Å². The molecule has 11 aromatic rings. The molecule has 0 saturated carbocycles. The summed E-state index contributed by atoms with van der Waals surface area (Å²) in [5.41, 5.74) is 15.5. The van der Waals surface area contributed by atoms with Crippen molar-refractivity contribution in [3.63, 3.8) is 0 Å². The van der Waals surface area contributed by atoms with Gasteiger partial charge in [-0.25, -0.2) is 19.9 Å². The Balaban J connectivity index is 1.05. The van der Waals surface area contributed by atoms with E-state index in [2.05, 4.69) is 120 Å². The van der Waals surface area contributed by atoms with E-state index in [1.165, 1.54) is 33.5 Å². The lowest BCUT2D eigenvalue weighted by atomic mass is 9.73. The zero-order valence-corrected chi connectivity index (χ0v) is 31.5. The van der Waals surface area contributed by atoms with Crippen LogP contribution in [0.25, 0.3) is 95.1 Å². The van der Waals surface area contributed by atoms with E-state index < -0.39 is 5.41 Å². The predicted octanol–water partition coefficient (Wildman–Crippen LogP) is 12.5. The first-order chi connectivity index (χ1) is 29.3. The first-order valence-corrected chi connectivity index (χ1v) is 19.9. The maximum absolute atomic E-state index is 6.58. The van der Waals surface area contributed by atoms with Crippen LogP contribution in [0.4, 0.5) is 0 Å². The van der Waals surface area contributed by atoms with Crippen LogP contribution >= 0.6 is 0 Å². The van der Waals surface area contributed by atoms with Gasteiger partial charge in [0.1, 0.15) is 22.4 Å². The van der Waals surface area contributed by atoms with E-state index in [4.69, 9.17) is 24.4 Å². The highest BCUT2D eigenvalue weighted by atomic mass is 16.3. The highest BCUT2D eigenvalue weighted by Gasteiger charge is 2.54. The smallest absolute Gasteiger partial charge is 0.164 e. The highest BCUT2D eigenvalue weighted by molar-refractivity contribution is 6.13. The van der Waals surface area contributed by atoms with Crippen LogP contribution < -0.4 is 0 Å². The van der Waals surface area contributed by atoms with E-state index in [0.29, 0.717) is 17.5 Å². The van der Waals surface area contributed by atoms with Gasteiger partial charge >= 0.3 is 0 Å². The molecule has 3 aromatic heterocycles. The summed E-state index contributed by atoms with van der Waals surface area (Å²) in [6.45, 7) is 0. The number of rotatable bonds is 4. The third-order valence-electron chi connectivity index (χ3n) is 12.3. The summed E-state index contributed by atoms with van der Waals surface area (Å²) in [6, 6.07) is 65.9. The molecule has 274 valence electrons. The number of aromatic nitrogens is 5. The Morgan fingerprint density at radius 1 is 0.424 bits per heavy atom. The second kappa shape index (κ2) is 12.0. The molecule has 0 bridgehead atoms. The molecule has 0 saturated heterocycles. The average molecular weight is 754 g/mol. The van der Waals surface area contributed by atoms with Gasteiger partial charge in [-0.2, -0.15) is 0 Å². The fourth-order valence-corrected chi connectivity index (χ4v) is 9.84. The lowest BCUT2D eigenvalue weighted by molar-refractivity contribution is 0.669. The highest BCUT2D eigenvalue weighted by Crippen LogP contribution is 2.62. The van der Waals surface area contributed by atoms with Gasteiger partial charge in [-0.15, -0.1) is 0 Å². The Morgan fingerprint density at radius 2 is 1.05 bits per heavy atom. The first-order valence-electron chi connectivity index (χ1n) is 19.9. The van der Waals surface area contributed by atoms with Crippen LogP contribution in [0.3, 0.4) is 0 Å². The van der Waals surface area contributed by atoms with Crippen molar-refractivity contribution in [3.8, 4) is 62.1 Å². The number of imidazole rings is 1. The average Bonchev–Trinajstić information content (AvgIpc) is 4.04. The van der Waals surface area contributed by atoms with Crippen LogP contribution in [-0.2, 0) is 5.41 Å². The molecule has 1 spiro atoms. The molecule has 2 aliphatic rings. The minimum atomic E-state index is -0.581. The van der Waals surface area contributed by atoms with E-state index in [1.54, 1.807) is 0 Å². The summed E-state index contributed by atoms with van der Waals surface area (Å²) in [6.07, 6.45) is 0. The second-order valence-corrected chi connectivity index (χ2v) is 15.3. The number of hydrogen-bond donors (Lipinski definition) is 0. The van der Waals surface area contributed by atoms with Crippen molar-refractivity contribution in [3.05, 3.63) is 211 Å². The SMILES string of the molecule is c1ccc(-c2nc(-c3ccccc3)nc(-c3cccc4oc5ccc(-c6cccc7c6-c6ccccc6C76c7ccccc7-n7c6nc6ccccc67)cc5c34)n2)cc1. The van der Waals surface area contributed by atoms with Gasteiger partial charge in [0.15, 0.2) is 17.5 Å². The van der Waals surface area contributed by atoms with Gasteiger partial charge in [0, 0.05) is 27.5 Å². The Hall–Kier alpha value is -7.96. The summed E-state index contributed by atoms with van der Waals surface area (Å²) < 4.78 is 8.96. The monoisotopic (exact) mass is 753 g/mol. The molecule has 0 N–H and O–H groups in total. The van der Waals surface area contributed by atoms with Gasteiger partial charge in [-0.1, -0.05) is 152 Å². The molecule has 8 aromatic carbocycles. The quantitative estimate of drug-likeness (QED) is 0.179.